The largest absolute Gasteiger partial charge is 0.310 e. The molecule has 0 aliphatic heterocycles. The second kappa shape index (κ2) is 16.8. The molecule has 0 atom stereocenters. The standard InChI is InChI=1S/C72H49N3S2/c1-72(2,3)50-26-22-44(23-27-50)49-38-63-59-36-45-24-28-53(73(51-14-6-4-7-15-51)55-30-32-69-61(42-55)57-18-10-12-20-67(57)76-69)34-47(45)40-65(59)75-66-41-48-35-54(29-25-46(48)37-60(66)64(39-49)71(63)75)74(52-16-8-5-9-17-52)56-31-33-70-62(43-56)58-19-11-13-21-68(58)77-70/h4-43H,1-3H3. The average molecular weight is 1020 g/mol. The maximum absolute atomic E-state index is 2.56. The van der Waals surface area contributed by atoms with Crippen LogP contribution >= 0.6 is 22.7 Å². The smallest absolute Gasteiger partial charge is 0.0620 e. The van der Waals surface area contributed by atoms with Crippen LogP contribution in [0.15, 0.2) is 243 Å². The van der Waals surface area contributed by atoms with E-state index in [0.717, 1.165) is 34.1 Å². The zero-order valence-electron chi connectivity index (χ0n) is 42.8. The van der Waals surface area contributed by atoms with Gasteiger partial charge in [0.1, 0.15) is 0 Å². The first kappa shape index (κ1) is 44.3. The minimum Gasteiger partial charge on any atom is -0.310 e. The lowest BCUT2D eigenvalue weighted by molar-refractivity contribution is 0.590. The SMILES string of the molecule is CC(C)(C)c1ccc(-c2cc3c4cc5ccc(N(c6ccccc6)c6ccc7sc8ccccc8c7c6)cc5cc4n4c5cc6cc(N(c7ccccc7)c7ccc8sc9ccccc9c8c7)ccc6cc5c(c2)c34)cc1. The van der Waals surface area contributed by atoms with Crippen LogP contribution in [0, 0.1) is 0 Å². The van der Waals surface area contributed by atoms with Gasteiger partial charge in [-0.2, -0.15) is 0 Å². The lowest BCUT2D eigenvalue weighted by Gasteiger charge is -2.26. The van der Waals surface area contributed by atoms with E-state index in [1.54, 1.807) is 0 Å². The minimum absolute atomic E-state index is 0.0695. The van der Waals surface area contributed by atoms with Gasteiger partial charge < -0.3 is 14.2 Å². The van der Waals surface area contributed by atoms with Crippen LogP contribution in [-0.2, 0) is 5.41 Å². The van der Waals surface area contributed by atoms with Crippen molar-refractivity contribution in [3.63, 3.8) is 0 Å². The molecule has 77 heavy (non-hydrogen) atoms. The van der Waals surface area contributed by atoms with Gasteiger partial charge in [-0.3, -0.25) is 0 Å². The van der Waals surface area contributed by atoms with E-state index < -0.39 is 0 Å². The maximum Gasteiger partial charge on any atom is 0.0620 e. The third-order valence-electron chi connectivity index (χ3n) is 16.1. The fourth-order valence-electron chi connectivity index (χ4n) is 12.4. The van der Waals surface area contributed by atoms with Crippen molar-refractivity contribution in [2.75, 3.05) is 9.80 Å². The van der Waals surface area contributed by atoms with Crippen molar-refractivity contribution in [1.82, 2.24) is 4.40 Å². The Balaban J connectivity index is 0.914. The summed E-state index contributed by atoms with van der Waals surface area (Å²) in [5.74, 6) is 0. The first-order chi connectivity index (χ1) is 37.8. The molecule has 0 aliphatic carbocycles. The van der Waals surface area contributed by atoms with Gasteiger partial charge in [0, 0.05) is 96.0 Å². The molecule has 12 aromatic carbocycles. The zero-order valence-corrected chi connectivity index (χ0v) is 44.4. The molecule has 3 nitrogen and oxygen atoms in total. The van der Waals surface area contributed by atoms with E-state index in [4.69, 9.17) is 0 Å². The molecule has 0 spiro atoms. The maximum atomic E-state index is 2.56. The minimum atomic E-state index is 0.0695. The number of hydrogen-bond acceptors (Lipinski definition) is 4. The number of fused-ring (bicyclic) bond motifs is 14. The van der Waals surface area contributed by atoms with Gasteiger partial charge in [-0.1, -0.05) is 130 Å². The highest BCUT2D eigenvalue weighted by atomic mass is 32.1. The van der Waals surface area contributed by atoms with Crippen LogP contribution in [0.25, 0.3) is 111 Å². The molecule has 0 amide bonds. The summed E-state index contributed by atoms with van der Waals surface area (Å²) in [6.45, 7) is 6.86. The van der Waals surface area contributed by atoms with Crippen molar-refractivity contribution >= 4 is 157 Å². The predicted molar refractivity (Wildman–Crippen MR) is 335 cm³/mol. The van der Waals surface area contributed by atoms with Crippen LogP contribution in [0.1, 0.15) is 26.3 Å². The summed E-state index contributed by atoms with van der Waals surface area (Å²) in [5.41, 5.74) is 14.3. The predicted octanol–water partition coefficient (Wildman–Crippen LogP) is 21.8. The van der Waals surface area contributed by atoms with Crippen LogP contribution in [0.3, 0.4) is 0 Å². The Morgan fingerprint density at radius 2 is 0.727 bits per heavy atom. The van der Waals surface area contributed by atoms with Gasteiger partial charge in [-0.15, -0.1) is 22.7 Å². The molecule has 0 saturated heterocycles. The van der Waals surface area contributed by atoms with Crippen molar-refractivity contribution in [3.05, 3.63) is 248 Å². The van der Waals surface area contributed by atoms with Crippen molar-refractivity contribution < 1.29 is 0 Å². The molecular formula is C72H49N3S2. The summed E-state index contributed by atoms with van der Waals surface area (Å²) in [4.78, 5) is 4.83. The Labute approximate surface area is 453 Å². The van der Waals surface area contributed by atoms with E-state index in [1.807, 2.05) is 22.7 Å². The molecule has 0 aliphatic rings. The number of rotatable bonds is 7. The zero-order chi connectivity index (χ0) is 51.1. The molecular weight excluding hydrogens is 971 g/mol. The number of hydrogen-bond donors (Lipinski definition) is 0. The molecule has 0 radical (unpaired) electrons. The fraction of sp³-hybridized carbons (Fsp3) is 0.0556. The van der Waals surface area contributed by atoms with E-state index in [1.165, 1.54) is 117 Å². The van der Waals surface area contributed by atoms with Crippen LogP contribution in [0.4, 0.5) is 34.1 Å². The summed E-state index contributed by atoms with van der Waals surface area (Å²) >= 11 is 3.72. The van der Waals surface area contributed by atoms with Gasteiger partial charge in [-0.05, 0) is 177 Å². The van der Waals surface area contributed by atoms with Gasteiger partial charge in [0.15, 0.2) is 0 Å². The molecule has 16 aromatic rings. The first-order valence-corrected chi connectivity index (χ1v) is 28.2. The van der Waals surface area contributed by atoms with Gasteiger partial charge >= 0.3 is 0 Å². The molecule has 0 bridgehead atoms. The van der Waals surface area contributed by atoms with Gasteiger partial charge in [0.05, 0.1) is 16.6 Å². The second-order valence-corrected chi connectivity index (χ2v) is 24.0. The van der Waals surface area contributed by atoms with Gasteiger partial charge in [0.2, 0.25) is 0 Å². The summed E-state index contributed by atoms with van der Waals surface area (Å²) in [6, 6.07) is 91.0. The molecule has 364 valence electrons. The topological polar surface area (TPSA) is 10.9 Å². The third-order valence-corrected chi connectivity index (χ3v) is 18.4. The monoisotopic (exact) mass is 1020 g/mol. The number of aromatic nitrogens is 1. The van der Waals surface area contributed by atoms with Crippen LogP contribution in [-0.4, -0.2) is 4.40 Å². The summed E-state index contributed by atoms with van der Waals surface area (Å²) in [7, 11) is 0. The lowest BCUT2D eigenvalue weighted by atomic mass is 9.86. The van der Waals surface area contributed by atoms with Crippen molar-refractivity contribution in [3.8, 4) is 11.1 Å². The lowest BCUT2D eigenvalue weighted by Crippen LogP contribution is -2.10. The van der Waals surface area contributed by atoms with Gasteiger partial charge in [0.25, 0.3) is 0 Å². The Hall–Kier alpha value is -9.00. The quantitative estimate of drug-likeness (QED) is 0.158. The molecule has 0 N–H and O–H groups in total. The number of nitrogens with zero attached hydrogens (tertiary/aromatic N) is 3. The molecule has 4 aromatic heterocycles. The van der Waals surface area contributed by atoms with E-state index in [9.17, 15) is 0 Å². The van der Waals surface area contributed by atoms with Crippen LogP contribution in [0.2, 0.25) is 0 Å². The van der Waals surface area contributed by atoms with Crippen molar-refractivity contribution in [2.45, 2.75) is 26.2 Å². The third kappa shape index (κ3) is 7.01. The normalized spacial score (nSPS) is 12.4. The van der Waals surface area contributed by atoms with E-state index >= 15 is 0 Å². The number of para-hydroxylation sites is 2. The van der Waals surface area contributed by atoms with Gasteiger partial charge in [-0.25, -0.2) is 0 Å². The number of anilines is 6. The number of thiophene rings is 2. The van der Waals surface area contributed by atoms with Crippen molar-refractivity contribution in [1.29, 1.82) is 0 Å². The summed E-state index contributed by atoms with van der Waals surface area (Å²) < 4.78 is 7.79. The summed E-state index contributed by atoms with van der Waals surface area (Å²) in [5, 5.41) is 15.1. The summed E-state index contributed by atoms with van der Waals surface area (Å²) in [6.07, 6.45) is 0. The highest BCUT2D eigenvalue weighted by Crippen LogP contribution is 2.48. The number of benzene rings is 12. The highest BCUT2D eigenvalue weighted by molar-refractivity contribution is 7.26. The highest BCUT2D eigenvalue weighted by Gasteiger charge is 2.23. The Bertz CT molecular complexity index is 4740. The second-order valence-electron chi connectivity index (χ2n) is 21.8. The van der Waals surface area contributed by atoms with E-state index in [-0.39, 0.29) is 5.41 Å². The Morgan fingerprint density at radius 3 is 1.21 bits per heavy atom. The average Bonchev–Trinajstić information content (AvgIpc) is 4.21. The molecule has 4 heterocycles. The Kier molecular flexibility index (Phi) is 9.64. The first-order valence-electron chi connectivity index (χ1n) is 26.5. The molecule has 5 heteroatoms. The van der Waals surface area contributed by atoms with E-state index in [2.05, 4.69) is 278 Å². The molecule has 0 unspecified atom stereocenters. The van der Waals surface area contributed by atoms with Crippen molar-refractivity contribution in [2.24, 2.45) is 0 Å². The Morgan fingerprint density at radius 1 is 0.299 bits per heavy atom. The van der Waals surface area contributed by atoms with E-state index in [0.29, 0.717) is 0 Å². The molecule has 16 rings (SSSR count). The van der Waals surface area contributed by atoms with Crippen LogP contribution < -0.4 is 9.80 Å². The molecule has 0 saturated carbocycles. The van der Waals surface area contributed by atoms with Crippen LogP contribution in [0.5, 0.6) is 0 Å². The fourth-order valence-corrected chi connectivity index (χ4v) is 14.5. The molecule has 0 fully saturated rings.